The summed E-state index contributed by atoms with van der Waals surface area (Å²) in [5.74, 6) is -0.366. The number of amides is 1. The number of nitrogens with zero attached hydrogens (tertiary/aromatic N) is 3. The van der Waals surface area contributed by atoms with Gasteiger partial charge in [0.25, 0.3) is 0 Å². The zero-order valence-electron chi connectivity index (χ0n) is 11.4. The molecular weight excluding hydrogens is 333 g/mol. The number of hydrogen-bond donors (Lipinski definition) is 1. The fraction of sp³-hybridized carbons (Fsp3) is 0.385. The highest BCUT2D eigenvalue weighted by Gasteiger charge is 2.20. The molecule has 8 heteroatoms. The van der Waals surface area contributed by atoms with E-state index in [0.717, 1.165) is 10.6 Å². The fourth-order valence-electron chi connectivity index (χ4n) is 1.90. The predicted molar refractivity (Wildman–Crippen MR) is 83.6 cm³/mol. The number of carbonyl (C=O) groups is 1. The van der Waals surface area contributed by atoms with Gasteiger partial charge in [-0.1, -0.05) is 11.6 Å². The van der Waals surface area contributed by atoms with Crippen LogP contribution in [0.5, 0.6) is 0 Å². The van der Waals surface area contributed by atoms with Crippen molar-refractivity contribution < 1.29 is 9.90 Å². The molecule has 0 bridgehead atoms. The van der Waals surface area contributed by atoms with Gasteiger partial charge in [-0.05, 0) is 18.2 Å². The number of aryl methyl sites for hydroxylation is 1. The molecule has 0 saturated heterocycles. The Kier molecular flexibility index (Phi) is 5.64. The monoisotopic (exact) mass is 347 g/mol. The molecule has 0 radical (unpaired) electrons. The lowest BCUT2D eigenvalue weighted by Gasteiger charge is -2.24. The Hall–Kier alpha value is -1.08. The SMILES string of the molecule is Cn1nccc1CN(CC(O)c1ccc(Cl)s1)C(=O)CCl. The van der Waals surface area contributed by atoms with Crippen LogP contribution >= 0.6 is 34.5 Å². The van der Waals surface area contributed by atoms with Gasteiger partial charge >= 0.3 is 0 Å². The van der Waals surface area contributed by atoms with Gasteiger partial charge in [0.15, 0.2) is 0 Å². The van der Waals surface area contributed by atoms with Gasteiger partial charge in [-0.15, -0.1) is 22.9 Å². The van der Waals surface area contributed by atoms with Crippen molar-refractivity contribution in [2.75, 3.05) is 12.4 Å². The second kappa shape index (κ2) is 7.26. The summed E-state index contributed by atoms with van der Waals surface area (Å²) in [6.45, 7) is 0.506. The molecule has 0 fully saturated rings. The second-order valence-electron chi connectivity index (χ2n) is 4.51. The van der Waals surface area contributed by atoms with E-state index in [0.29, 0.717) is 10.9 Å². The lowest BCUT2D eigenvalue weighted by Crippen LogP contribution is -2.35. The van der Waals surface area contributed by atoms with E-state index in [-0.39, 0.29) is 18.3 Å². The standard InChI is InChI=1S/C13H15Cl2N3O2S/c1-17-9(4-5-16-17)7-18(13(20)6-14)8-10(19)11-2-3-12(15)21-11/h2-5,10,19H,6-8H2,1H3. The smallest absolute Gasteiger partial charge is 0.237 e. The maximum Gasteiger partial charge on any atom is 0.237 e. The van der Waals surface area contributed by atoms with E-state index in [4.69, 9.17) is 23.2 Å². The first-order chi connectivity index (χ1) is 10.0. The van der Waals surface area contributed by atoms with Gasteiger partial charge in [0.05, 0.1) is 23.1 Å². The van der Waals surface area contributed by atoms with Crippen LogP contribution in [0, 0.1) is 0 Å². The van der Waals surface area contributed by atoms with Crippen LogP contribution in [0.15, 0.2) is 24.4 Å². The Balaban J connectivity index is 2.09. The molecule has 21 heavy (non-hydrogen) atoms. The number of alkyl halides is 1. The molecule has 2 aromatic rings. The Morgan fingerprint density at radius 2 is 2.29 bits per heavy atom. The Bertz CT molecular complexity index is 614. The van der Waals surface area contributed by atoms with E-state index >= 15 is 0 Å². The van der Waals surface area contributed by atoms with Gasteiger partial charge in [-0.25, -0.2) is 0 Å². The van der Waals surface area contributed by atoms with Gasteiger partial charge in [0.2, 0.25) is 5.91 Å². The van der Waals surface area contributed by atoms with Crippen LogP contribution in [-0.2, 0) is 18.4 Å². The molecule has 1 N–H and O–H groups in total. The topological polar surface area (TPSA) is 58.4 Å². The van der Waals surface area contributed by atoms with E-state index in [1.54, 1.807) is 30.1 Å². The maximum absolute atomic E-state index is 12.0. The van der Waals surface area contributed by atoms with Crippen molar-refractivity contribution in [3.8, 4) is 0 Å². The van der Waals surface area contributed by atoms with Crippen LogP contribution in [0.1, 0.15) is 16.7 Å². The minimum Gasteiger partial charge on any atom is -0.386 e. The summed E-state index contributed by atoms with van der Waals surface area (Å²) in [7, 11) is 1.80. The van der Waals surface area contributed by atoms with Crippen molar-refractivity contribution in [3.63, 3.8) is 0 Å². The summed E-state index contributed by atoms with van der Waals surface area (Å²) in [4.78, 5) is 14.2. The highest BCUT2D eigenvalue weighted by atomic mass is 35.5. The van der Waals surface area contributed by atoms with Gasteiger partial charge in [-0.3, -0.25) is 9.48 Å². The summed E-state index contributed by atoms with van der Waals surface area (Å²) in [6, 6.07) is 5.30. The van der Waals surface area contributed by atoms with Gasteiger partial charge in [0.1, 0.15) is 12.0 Å². The maximum atomic E-state index is 12.0. The summed E-state index contributed by atoms with van der Waals surface area (Å²) >= 11 is 12.8. The predicted octanol–water partition coefficient (Wildman–Crippen LogP) is 2.44. The van der Waals surface area contributed by atoms with Crippen LogP contribution in [0.25, 0.3) is 0 Å². The van der Waals surface area contributed by atoms with Crippen LogP contribution < -0.4 is 0 Å². The van der Waals surface area contributed by atoms with E-state index in [2.05, 4.69) is 5.10 Å². The number of thiophene rings is 1. The molecule has 0 spiro atoms. The Morgan fingerprint density at radius 3 is 2.81 bits per heavy atom. The van der Waals surface area contributed by atoms with Gasteiger partial charge in [0, 0.05) is 18.1 Å². The van der Waals surface area contributed by atoms with E-state index in [1.807, 2.05) is 6.07 Å². The van der Waals surface area contributed by atoms with Crippen molar-refractivity contribution in [3.05, 3.63) is 39.3 Å². The molecule has 0 aliphatic carbocycles. The van der Waals surface area contributed by atoms with E-state index in [1.165, 1.54) is 16.2 Å². The van der Waals surface area contributed by atoms with Gasteiger partial charge in [-0.2, -0.15) is 5.10 Å². The third-order valence-corrected chi connectivity index (χ3v) is 4.62. The average molecular weight is 348 g/mol. The number of aromatic nitrogens is 2. The number of halogens is 2. The zero-order valence-corrected chi connectivity index (χ0v) is 13.7. The van der Waals surface area contributed by atoms with Crippen LogP contribution in [-0.4, -0.2) is 38.1 Å². The number of aliphatic hydroxyl groups is 1. The lowest BCUT2D eigenvalue weighted by atomic mass is 10.2. The molecule has 1 unspecified atom stereocenters. The number of rotatable bonds is 6. The van der Waals surface area contributed by atoms with Crippen LogP contribution in [0.2, 0.25) is 4.34 Å². The van der Waals surface area contributed by atoms with E-state index < -0.39 is 6.10 Å². The zero-order chi connectivity index (χ0) is 15.4. The minimum atomic E-state index is -0.789. The second-order valence-corrected chi connectivity index (χ2v) is 6.53. The van der Waals surface area contributed by atoms with Gasteiger partial charge < -0.3 is 10.0 Å². The highest BCUT2D eigenvalue weighted by Crippen LogP contribution is 2.27. The summed E-state index contributed by atoms with van der Waals surface area (Å²) in [5.41, 5.74) is 0.866. The van der Waals surface area contributed by atoms with Crippen molar-refractivity contribution in [2.45, 2.75) is 12.6 Å². The fourth-order valence-corrected chi connectivity index (χ4v) is 3.10. The summed E-state index contributed by atoms with van der Waals surface area (Å²) in [6.07, 6.45) is 0.872. The van der Waals surface area contributed by atoms with Crippen molar-refractivity contribution in [1.82, 2.24) is 14.7 Å². The molecular formula is C13H15Cl2N3O2S. The highest BCUT2D eigenvalue weighted by molar-refractivity contribution is 7.16. The molecule has 0 aromatic carbocycles. The molecule has 0 aliphatic rings. The Morgan fingerprint density at radius 1 is 1.52 bits per heavy atom. The molecule has 2 rings (SSSR count). The van der Waals surface area contributed by atoms with Crippen LogP contribution in [0.3, 0.4) is 0 Å². The molecule has 114 valence electrons. The first-order valence-electron chi connectivity index (χ1n) is 6.25. The summed E-state index contributed by atoms with van der Waals surface area (Å²) in [5, 5.41) is 14.3. The van der Waals surface area contributed by atoms with Crippen molar-refractivity contribution in [1.29, 1.82) is 0 Å². The normalized spacial score (nSPS) is 12.4. The number of hydrogen-bond acceptors (Lipinski definition) is 4. The van der Waals surface area contributed by atoms with Crippen LogP contribution in [0.4, 0.5) is 0 Å². The number of carbonyl (C=O) groups excluding carboxylic acids is 1. The molecule has 0 saturated carbocycles. The first kappa shape index (κ1) is 16.3. The first-order valence-corrected chi connectivity index (χ1v) is 7.98. The van der Waals surface area contributed by atoms with E-state index in [9.17, 15) is 9.90 Å². The average Bonchev–Trinajstić information content (AvgIpc) is 3.06. The third kappa shape index (κ3) is 4.20. The molecule has 0 aliphatic heterocycles. The molecule has 1 atom stereocenters. The van der Waals surface area contributed by atoms with Crippen molar-refractivity contribution >= 4 is 40.4 Å². The third-order valence-electron chi connectivity index (χ3n) is 3.06. The number of aliphatic hydroxyl groups excluding tert-OH is 1. The largest absolute Gasteiger partial charge is 0.386 e. The molecule has 2 heterocycles. The molecule has 2 aromatic heterocycles. The quantitative estimate of drug-likeness (QED) is 0.816. The Labute approximate surface area is 136 Å². The minimum absolute atomic E-state index is 0.129. The molecule has 5 nitrogen and oxygen atoms in total. The molecule has 1 amide bonds. The summed E-state index contributed by atoms with van der Waals surface area (Å²) < 4.78 is 2.29. The van der Waals surface area contributed by atoms with Crippen molar-refractivity contribution in [2.24, 2.45) is 7.05 Å². The lowest BCUT2D eigenvalue weighted by molar-refractivity contribution is -0.130.